The predicted molar refractivity (Wildman–Crippen MR) is 69.7 cm³/mol. The van der Waals surface area contributed by atoms with Gasteiger partial charge >= 0.3 is 0 Å². The first-order valence-electron chi connectivity index (χ1n) is 7.30. The molecule has 0 aromatic rings. The maximum atomic E-state index is 3.51. The van der Waals surface area contributed by atoms with Crippen LogP contribution in [0, 0.1) is 5.92 Å². The Bertz CT molecular complexity index is 187. The van der Waals surface area contributed by atoms with Crippen LogP contribution < -0.4 is 5.32 Å². The molecule has 0 aromatic heterocycles. The molecule has 1 saturated carbocycles. The van der Waals surface area contributed by atoms with Crippen LogP contribution in [0.25, 0.3) is 0 Å². The molecule has 0 bridgehead atoms. The summed E-state index contributed by atoms with van der Waals surface area (Å²) >= 11 is 0. The SMILES string of the molecule is C[C@H]1CN(CCCC2CCCCC2)CCN1. The molecule has 1 N–H and O–H groups in total. The van der Waals surface area contributed by atoms with Gasteiger partial charge in [-0.3, -0.25) is 0 Å². The van der Waals surface area contributed by atoms with Crippen molar-refractivity contribution < 1.29 is 0 Å². The molecule has 2 rings (SSSR count). The van der Waals surface area contributed by atoms with E-state index in [0.29, 0.717) is 6.04 Å². The van der Waals surface area contributed by atoms with Gasteiger partial charge in [-0.15, -0.1) is 0 Å². The van der Waals surface area contributed by atoms with E-state index in [1.165, 1.54) is 71.1 Å². The molecule has 0 aromatic carbocycles. The molecule has 2 heteroatoms. The Hall–Kier alpha value is -0.0800. The smallest absolute Gasteiger partial charge is 0.0167 e. The Kier molecular flexibility index (Phi) is 5.11. The third-order valence-electron chi connectivity index (χ3n) is 4.26. The van der Waals surface area contributed by atoms with Gasteiger partial charge in [-0.1, -0.05) is 32.1 Å². The van der Waals surface area contributed by atoms with E-state index in [9.17, 15) is 0 Å². The third-order valence-corrected chi connectivity index (χ3v) is 4.26. The van der Waals surface area contributed by atoms with Gasteiger partial charge < -0.3 is 10.2 Å². The van der Waals surface area contributed by atoms with Crippen molar-refractivity contribution in [2.75, 3.05) is 26.2 Å². The summed E-state index contributed by atoms with van der Waals surface area (Å²) in [4.78, 5) is 2.64. The van der Waals surface area contributed by atoms with Crippen molar-refractivity contribution in [2.24, 2.45) is 5.92 Å². The fourth-order valence-corrected chi connectivity index (χ4v) is 3.29. The molecule has 2 aliphatic rings. The quantitative estimate of drug-likeness (QED) is 0.790. The summed E-state index contributed by atoms with van der Waals surface area (Å²) in [5, 5.41) is 3.51. The molecular weight excluding hydrogens is 196 g/mol. The molecule has 0 spiro atoms. The maximum absolute atomic E-state index is 3.51. The monoisotopic (exact) mass is 224 g/mol. The fraction of sp³-hybridized carbons (Fsp3) is 1.00. The third kappa shape index (κ3) is 4.06. The van der Waals surface area contributed by atoms with Crippen molar-refractivity contribution >= 4 is 0 Å². The van der Waals surface area contributed by atoms with Crippen LogP contribution in [0.15, 0.2) is 0 Å². The molecule has 0 radical (unpaired) electrons. The van der Waals surface area contributed by atoms with Crippen molar-refractivity contribution in [2.45, 2.75) is 57.9 Å². The average Bonchev–Trinajstić information content (AvgIpc) is 2.30. The zero-order valence-corrected chi connectivity index (χ0v) is 10.9. The first kappa shape index (κ1) is 12.4. The second kappa shape index (κ2) is 6.61. The average molecular weight is 224 g/mol. The summed E-state index contributed by atoms with van der Waals surface area (Å²) in [6.45, 7) is 7.33. The van der Waals surface area contributed by atoms with E-state index in [4.69, 9.17) is 0 Å². The standard InChI is InChI=1S/C14H28N2/c1-13-12-16(11-9-15-13)10-5-8-14-6-3-2-4-7-14/h13-15H,2-12H2,1H3/t13-/m0/s1. The van der Waals surface area contributed by atoms with Crippen LogP contribution >= 0.6 is 0 Å². The number of rotatable bonds is 4. The molecule has 1 saturated heterocycles. The number of hydrogen-bond acceptors (Lipinski definition) is 2. The van der Waals surface area contributed by atoms with Crippen molar-refractivity contribution in [1.82, 2.24) is 10.2 Å². The van der Waals surface area contributed by atoms with E-state index in [1.54, 1.807) is 0 Å². The Balaban J connectivity index is 1.56. The van der Waals surface area contributed by atoms with Gasteiger partial charge in [-0.2, -0.15) is 0 Å². The van der Waals surface area contributed by atoms with Gasteiger partial charge in [0.1, 0.15) is 0 Å². The lowest BCUT2D eigenvalue weighted by Crippen LogP contribution is -2.49. The molecule has 1 heterocycles. The molecule has 2 fully saturated rings. The van der Waals surface area contributed by atoms with Crippen molar-refractivity contribution in [3.63, 3.8) is 0 Å². The van der Waals surface area contributed by atoms with Crippen LogP contribution in [0.5, 0.6) is 0 Å². The Labute approximate surface area is 101 Å². The first-order valence-corrected chi connectivity index (χ1v) is 7.30. The Morgan fingerprint density at radius 3 is 2.75 bits per heavy atom. The highest BCUT2D eigenvalue weighted by atomic mass is 15.2. The second-order valence-electron chi connectivity index (χ2n) is 5.80. The van der Waals surface area contributed by atoms with E-state index in [-0.39, 0.29) is 0 Å². The molecule has 1 aliphatic carbocycles. The van der Waals surface area contributed by atoms with Crippen LogP contribution in [0.4, 0.5) is 0 Å². The minimum absolute atomic E-state index is 0.698. The van der Waals surface area contributed by atoms with Gasteiger partial charge in [0.05, 0.1) is 0 Å². The second-order valence-corrected chi connectivity index (χ2v) is 5.80. The molecule has 16 heavy (non-hydrogen) atoms. The van der Waals surface area contributed by atoms with Gasteiger partial charge in [0.2, 0.25) is 0 Å². The van der Waals surface area contributed by atoms with Crippen LogP contribution in [-0.2, 0) is 0 Å². The van der Waals surface area contributed by atoms with E-state index < -0.39 is 0 Å². The molecule has 2 nitrogen and oxygen atoms in total. The highest BCUT2D eigenvalue weighted by Crippen LogP contribution is 2.27. The lowest BCUT2D eigenvalue weighted by atomic mass is 9.86. The summed E-state index contributed by atoms with van der Waals surface area (Å²) in [6.07, 6.45) is 10.4. The van der Waals surface area contributed by atoms with Crippen molar-refractivity contribution in [3.05, 3.63) is 0 Å². The highest BCUT2D eigenvalue weighted by Gasteiger charge is 2.16. The summed E-state index contributed by atoms with van der Waals surface area (Å²) in [5.41, 5.74) is 0. The Morgan fingerprint density at radius 1 is 1.19 bits per heavy atom. The predicted octanol–water partition coefficient (Wildman–Crippen LogP) is 2.64. The van der Waals surface area contributed by atoms with E-state index >= 15 is 0 Å². The lowest BCUT2D eigenvalue weighted by molar-refractivity contribution is 0.196. The molecule has 1 atom stereocenters. The maximum Gasteiger partial charge on any atom is 0.0167 e. The largest absolute Gasteiger partial charge is 0.312 e. The minimum atomic E-state index is 0.698. The van der Waals surface area contributed by atoms with Gasteiger partial charge in [-0.05, 0) is 32.2 Å². The molecule has 0 amide bonds. The van der Waals surface area contributed by atoms with Gasteiger partial charge in [0, 0.05) is 25.7 Å². The normalized spacial score (nSPS) is 29.4. The molecule has 1 aliphatic heterocycles. The zero-order chi connectivity index (χ0) is 11.2. The summed E-state index contributed by atoms with van der Waals surface area (Å²) < 4.78 is 0. The lowest BCUT2D eigenvalue weighted by Gasteiger charge is -2.32. The van der Waals surface area contributed by atoms with E-state index in [2.05, 4.69) is 17.1 Å². The molecular formula is C14H28N2. The minimum Gasteiger partial charge on any atom is -0.312 e. The van der Waals surface area contributed by atoms with Gasteiger partial charge in [0.25, 0.3) is 0 Å². The Morgan fingerprint density at radius 2 is 2.00 bits per heavy atom. The number of nitrogens with one attached hydrogen (secondary N) is 1. The van der Waals surface area contributed by atoms with Crippen LogP contribution in [0.1, 0.15) is 51.9 Å². The van der Waals surface area contributed by atoms with Gasteiger partial charge in [0.15, 0.2) is 0 Å². The highest BCUT2D eigenvalue weighted by molar-refractivity contribution is 4.75. The summed E-state index contributed by atoms with van der Waals surface area (Å²) in [6, 6.07) is 0.698. The molecule has 0 unspecified atom stereocenters. The van der Waals surface area contributed by atoms with Crippen molar-refractivity contribution in [3.8, 4) is 0 Å². The van der Waals surface area contributed by atoms with Crippen LogP contribution in [0.2, 0.25) is 0 Å². The van der Waals surface area contributed by atoms with E-state index in [0.717, 1.165) is 5.92 Å². The topological polar surface area (TPSA) is 15.3 Å². The first-order chi connectivity index (χ1) is 7.84. The molecule has 94 valence electrons. The fourth-order valence-electron chi connectivity index (χ4n) is 3.29. The summed E-state index contributed by atoms with van der Waals surface area (Å²) in [5.74, 6) is 1.06. The van der Waals surface area contributed by atoms with Gasteiger partial charge in [-0.25, -0.2) is 0 Å². The number of hydrogen-bond donors (Lipinski definition) is 1. The van der Waals surface area contributed by atoms with E-state index in [1.807, 2.05) is 0 Å². The summed E-state index contributed by atoms with van der Waals surface area (Å²) in [7, 11) is 0. The van der Waals surface area contributed by atoms with Crippen LogP contribution in [-0.4, -0.2) is 37.1 Å². The van der Waals surface area contributed by atoms with Crippen LogP contribution in [0.3, 0.4) is 0 Å². The number of piperazine rings is 1. The number of nitrogens with zero attached hydrogens (tertiary/aromatic N) is 1. The zero-order valence-electron chi connectivity index (χ0n) is 10.9. The van der Waals surface area contributed by atoms with Crippen molar-refractivity contribution in [1.29, 1.82) is 0 Å².